The van der Waals surface area contributed by atoms with Crippen LogP contribution in [0.5, 0.6) is 5.88 Å². The number of nitrogens with zero attached hydrogens (tertiary/aromatic N) is 3. The second-order valence-corrected chi connectivity index (χ2v) is 6.10. The number of aromatic hydroxyl groups is 1. The topological polar surface area (TPSA) is 117 Å². The van der Waals surface area contributed by atoms with E-state index < -0.39 is 17.9 Å². The molecular formula is C17H21N5O4. The fourth-order valence-corrected chi connectivity index (χ4v) is 2.91. The summed E-state index contributed by atoms with van der Waals surface area (Å²) in [6.45, 7) is 3.76. The van der Waals surface area contributed by atoms with E-state index in [1.54, 1.807) is 31.2 Å². The summed E-state index contributed by atoms with van der Waals surface area (Å²) in [6.07, 6.45) is 0.606. The molecule has 1 amide bonds. The molecule has 26 heavy (non-hydrogen) atoms. The predicted molar refractivity (Wildman–Crippen MR) is 93.9 cm³/mol. The minimum Gasteiger partial charge on any atom is -0.493 e. The smallest absolute Gasteiger partial charge is 0.326 e. The highest BCUT2D eigenvalue weighted by Crippen LogP contribution is 2.38. The minimum atomic E-state index is -0.474. The highest BCUT2D eigenvalue weighted by Gasteiger charge is 2.27. The van der Waals surface area contributed by atoms with Gasteiger partial charge in [-0.1, -0.05) is 18.2 Å². The first-order valence-electron chi connectivity index (χ1n) is 8.43. The van der Waals surface area contributed by atoms with E-state index in [1.165, 1.54) is 4.57 Å². The number of amides is 1. The first-order valence-corrected chi connectivity index (χ1v) is 8.43. The molecule has 2 aromatic rings. The largest absolute Gasteiger partial charge is 0.493 e. The van der Waals surface area contributed by atoms with Crippen molar-refractivity contribution in [3.05, 3.63) is 24.3 Å². The molecule has 2 unspecified atom stereocenters. The SMILES string of the molecule is CCOC(=O)Cn1c(O)c(N=NC(=O)C2CC(C)NN2)c2ccccc21. The van der Waals surface area contributed by atoms with Crippen molar-refractivity contribution in [1.29, 1.82) is 0 Å². The number of hydrogen-bond acceptors (Lipinski definition) is 7. The van der Waals surface area contributed by atoms with Crippen molar-refractivity contribution < 1.29 is 19.4 Å². The standard InChI is InChI=1S/C17H21N5O4/c1-3-26-14(23)9-22-13-7-5-4-6-11(13)15(17(22)25)20-21-16(24)12-8-10(2)18-19-12/h4-7,10,12,18-19,25H,3,8-9H2,1-2H3. The van der Waals surface area contributed by atoms with Gasteiger partial charge in [0.15, 0.2) is 5.69 Å². The minimum absolute atomic E-state index is 0.150. The third kappa shape index (κ3) is 3.58. The molecule has 2 atom stereocenters. The fraction of sp³-hybridized carbons (Fsp3) is 0.412. The number of hydrazine groups is 1. The van der Waals surface area contributed by atoms with Gasteiger partial charge in [-0.3, -0.25) is 19.6 Å². The number of ether oxygens (including phenoxy) is 1. The Morgan fingerprint density at radius 1 is 1.35 bits per heavy atom. The number of rotatable bonds is 5. The van der Waals surface area contributed by atoms with Crippen molar-refractivity contribution in [2.24, 2.45) is 10.2 Å². The first kappa shape index (κ1) is 18.0. The Hall–Kier alpha value is -2.78. The Bertz CT molecular complexity index is 860. The molecule has 3 N–H and O–H groups in total. The Morgan fingerprint density at radius 3 is 2.81 bits per heavy atom. The molecule has 0 aliphatic carbocycles. The summed E-state index contributed by atoms with van der Waals surface area (Å²) in [6, 6.07) is 6.77. The van der Waals surface area contributed by atoms with Gasteiger partial charge in [-0.25, -0.2) is 5.43 Å². The molecule has 1 aliphatic rings. The second kappa shape index (κ2) is 7.63. The number of azo groups is 1. The Balaban J connectivity index is 1.90. The number of benzene rings is 1. The molecule has 138 valence electrons. The third-order valence-electron chi connectivity index (χ3n) is 4.15. The van der Waals surface area contributed by atoms with E-state index in [1.807, 2.05) is 6.92 Å². The van der Waals surface area contributed by atoms with Gasteiger partial charge in [0.25, 0.3) is 5.91 Å². The third-order valence-corrected chi connectivity index (χ3v) is 4.15. The normalized spacial score (nSPS) is 20.1. The zero-order chi connectivity index (χ0) is 18.7. The summed E-state index contributed by atoms with van der Waals surface area (Å²) in [7, 11) is 0. The second-order valence-electron chi connectivity index (χ2n) is 6.10. The van der Waals surface area contributed by atoms with Crippen LogP contribution >= 0.6 is 0 Å². The summed E-state index contributed by atoms with van der Waals surface area (Å²) in [4.78, 5) is 24.0. The van der Waals surface area contributed by atoms with E-state index in [2.05, 4.69) is 21.1 Å². The molecule has 2 heterocycles. The van der Waals surface area contributed by atoms with Crippen LogP contribution in [0.2, 0.25) is 0 Å². The lowest BCUT2D eigenvalue weighted by Crippen LogP contribution is -2.36. The van der Waals surface area contributed by atoms with Crippen LogP contribution in [0.15, 0.2) is 34.5 Å². The number of carbonyl (C=O) groups is 2. The van der Waals surface area contributed by atoms with E-state index in [0.717, 1.165) is 0 Å². The van der Waals surface area contributed by atoms with Crippen LogP contribution in [-0.4, -0.2) is 40.2 Å². The van der Waals surface area contributed by atoms with Crippen molar-refractivity contribution in [3.8, 4) is 5.88 Å². The molecule has 0 bridgehead atoms. The molecule has 0 saturated carbocycles. The number of hydrogen-bond donors (Lipinski definition) is 3. The molecule has 0 radical (unpaired) electrons. The molecule has 1 aromatic carbocycles. The van der Waals surface area contributed by atoms with Gasteiger partial charge >= 0.3 is 5.97 Å². The molecule has 1 saturated heterocycles. The van der Waals surface area contributed by atoms with Crippen molar-refractivity contribution in [2.45, 2.75) is 38.9 Å². The van der Waals surface area contributed by atoms with Gasteiger partial charge in [0.05, 0.1) is 12.1 Å². The van der Waals surface area contributed by atoms with E-state index in [0.29, 0.717) is 17.3 Å². The molecule has 1 aliphatic heterocycles. The van der Waals surface area contributed by atoms with E-state index in [9.17, 15) is 14.7 Å². The number of aromatic nitrogens is 1. The maximum absolute atomic E-state index is 12.2. The van der Waals surface area contributed by atoms with Gasteiger partial charge in [0.2, 0.25) is 5.88 Å². The Labute approximate surface area is 150 Å². The summed E-state index contributed by atoms with van der Waals surface area (Å²) in [5, 5.41) is 18.8. The number of carbonyl (C=O) groups excluding carboxylic acids is 2. The van der Waals surface area contributed by atoms with Gasteiger partial charge in [-0.2, -0.15) is 0 Å². The molecule has 1 fully saturated rings. The lowest BCUT2D eigenvalue weighted by molar-refractivity contribution is -0.143. The average molecular weight is 359 g/mol. The van der Waals surface area contributed by atoms with Gasteiger partial charge in [-0.15, -0.1) is 10.2 Å². The quantitative estimate of drug-likeness (QED) is 0.553. The highest BCUT2D eigenvalue weighted by molar-refractivity contribution is 5.96. The molecule has 9 heteroatoms. The van der Waals surface area contributed by atoms with Crippen molar-refractivity contribution in [1.82, 2.24) is 15.4 Å². The van der Waals surface area contributed by atoms with Crippen LogP contribution in [-0.2, 0) is 20.9 Å². The molecule has 9 nitrogen and oxygen atoms in total. The van der Waals surface area contributed by atoms with Crippen molar-refractivity contribution in [2.75, 3.05) is 6.61 Å². The van der Waals surface area contributed by atoms with Crippen LogP contribution in [0.3, 0.4) is 0 Å². The van der Waals surface area contributed by atoms with E-state index in [4.69, 9.17) is 4.74 Å². The van der Waals surface area contributed by atoms with Crippen LogP contribution in [0.25, 0.3) is 10.9 Å². The summed E-state index contributed by atoms with van der Waals surface area (Å²) < 4.78 is 6.33. The van der Waals surface area contributed by atoms with Crippen LogP contribution in [0.4, 0.5) is 5.69 Å². The molecule has 1 aromatic heterocycles. The number of esters is 1. The van der Waals surface area contributed by atoms with E-state index in [-0.39, 0.29) is 30.8 Å². The van der Waals surface area contributed by atoms with Gasteiger partial charge < -0.3 is 9.84 Å². The van der Waals surface area contributed by atoms with Crippen LogP contribution in [0, 0.1) is 0 Å². The zero-order valence-corrected chi connectivity index (χ0v) is 14.6. The summed E-state index contributed by atoms with van der Waals surface area (Å²) >= 11 is 0. The first-order chi connectivity index (χ1) is 12.5. The van der Waals surface area contributed by atoms with Crippen LogP contribution in [0.1, 0.15) is 20.3 Å². The number of nitrogens with one attached hydrogen (secondary N) is 2. The van der Waals surface area contributed by atoms with Crippen molar-refractivity contribution >= 4 is 28.5 Å². The Kier molecular flexibility index (Phi) is 5.29. The highest BCUT2D eigenvalue weighted by atomic mass is 16.5. The number of para-hydroxylation sites is 1. The predicted octanol–water partition coefficient (Wildman–Crippen LogP) is 1.78. The maximum Gasteiger partial charge on any atom is 0.326 e. The molecule has 0 spiro atoms. The molecular weight excluding hydrogens is 338 g/mol. The van der Waals surface area contributed by atoms with Gasteiger partial charge in [0.1, 0.15) is 12.6 Å². The molecule has 3 rings (SSSR count). The zero-order valence-electron chi connectivity index (χ0n) is 14.6. The monoisotopic (exact) mass is 359 g/mol. The van der Waals surface area contributed by atoms with Gasteiger partial charge in [-0.05, 0) is 26.3 Å². The lowest BCUT2D eigenvalue weighted by atomic mass is 10.1. The van der Waals surface area contributed by atoms with Gasteiger partial charge in [0, 0.05) is 11.4 Å². The number of fused-ring (bicyclic) bond motifs is 1. The van der Waals surface area contributed by atoms with E-state index >= 15 is 0 Å². The average Bonchev–Trinajstić information content (AvgIpc) is 3.16. The fourth-order valence-electron chi connectivity index (χ4n) is 2.91. The van der Waals surface area contributed by atoms with Crippen LogP contribution < -0.4 is 10.9 Å². The maximum atomic E-state index is 12.2. The summed E-state index contributed by atoms with van der Waals surface area (Å²) in [5.74, 6) is -1.14. The lowest BCUT2D eigenvalue weighted by Gasteiger charge is -2.06. The van der Waals surface area contributed by atoms with Crippen molar-refractivity contribution in [3.63, 3.8) is 0 Å². The Morgan fingerprint density at radius 2 is 2.12 bits per heavy atom. The summed E-state index contributed by atoms with van der Waals surface area (Å²) in [5.41, 5.74) is 6.56.